The number of hydrogen-bond donors (Lipinski definition) is 0. The topological polar surface area (TPSA) is 32.3 Å². The van der Waals surface area contributed by atoms with Crippen LogP contribution >= 0.6 is 11.6 Å². The Balaban J connectivity index is 1.64. The van der Waals surface area contributed by atoms with Crippen LogP contribution in [-0.4, -0.2) is 41.0 Å². The first-order valence-electron chi connectivity index (χ1n) is 7.53. The van der Waals surface area contributed by atoms with Crippen LogP contribution in [0.15, 0.2) is 36.7 Å². The Morgan fingerprint density at radius 1 is 1.04 bits per heavy atom. The average Bonchev–Trinajstić information content (AvgIpc) is 2.57. The maximum absolute atomic E-state index is 13.1. The maximum atomic E-state index is 13.1. The highest BCUT2D eigenvalue weighted by Gasteiger charge is 2.36. The summed E-state index contributed by atoms with van der Waals surface area (Å²) in [5.41, 5.74) is 0.208. The molecule has 0 spiro atoms. The minimum Gasteiger partial charge on any atom is -0.354 e. The van der Waals surface area contributed by atoms with E-state index in [1.54, 1.807) is 17.2 Å². The highest BCUT2D eigenvalue weighted by Crippen LogP contribution is 2.35. The predicted molar refractivity (Wildman–Crippen MR) is 86.0 cm³/mol. The first-order chi connectivity index (χ1) is 11.4. The van der Waals surface area contributed by atoms with Gasteiger partial charge in [0.2, 0.25) is 0 Å². The summed E-state index contributed by atoms with van der Waals surface area (Å²) in [5.74, 6) is 0.00858. The zero-order valence-electron chi connectivity index (χ0n) is 12.8. The Hall–Kier alpha value is -1.86. The van der Waals surface area contributed by atoms with E-state index in [4.69, 9.17) is 11.6 Å². The van der Waals surface area contributed by atoms with Crippen LogP contribution in [0.5, 0.6) is 0 Å². The number of rotatable bonds is 3. The molecular weight excluding hydrogens is 341 g/mol. The van der Waals surface area contributed by atoms with Gasteiger partial charge in [-0.3, -0.25) is 9.88 Å². The standard InChI is InChI=1S/C16H16ClF3N4/c17-12-3-4-13(22-10-12)11-23-6-8-24(9-7-23)15-14(16(18,19)20)2-1-5-21-15/h1-5,10H,6-9,11H2. The molecular formula is C16H16ClF3N4. The Bertz CT molecular complexity index is 682. The fourth-order valence-corrected chi connectivity index (χ4v) is 2.83. The molecule has 1 aliphatic rings. The lowest BCUT2D eigenvalue weighted by atomic mass is 10.2. The Kier molecular flexibility index (Phi) is 4.91. The van der Waals surface area contributed by atoms with E-state index in [0.717, 1.165) is 11.8 Å². The van der Waals surface area contributed by atoms with E-state index < -0.39 is 11.7 Å². The SMILES string of the molecule is FC(F)(F)c1cccnc1N1CCN(Cc2ccc(Cl)cn2)CC1. The summed E-state index contributed by atoms with van der Waals surface area (Å²) in [7, 11) is 0. The van der Waals surface area contributed by atoms with Crippen molar-refractivity contribution in [3.8, 4) is 0 Å². The summed E-state index contributed by atoms with van der Waals surface area (Å²) in [6.07, 6.45) is -1.40. The third-order valence-corrected chi connectivity index (χ3v) is 4.16. The van der Waals surface area contributed by atoms with Gasteiger partial charge in [0.05, 0.1) is 16.3 Å². The molecule has 3 heterocycles. The summed E-state index contributed by atoms with van der Waals surface area (Å²) in [6, 6.07) is 6.03. The van der Waals surface area contributed by atoms with Gasteiger partial charge in [0, 0.05) is 45.1 Å². The quantitative estimate of drug-likeness (QED) is 0.843. The second-order valence-electron chi connectivity index (χ2n) is 5.60. The molecule has 2 aromatic heterocycles. The van der Waals surface area contributed by atoms with Crippen molar-refractivity contribution in [2.45, 2.75) is 12.7 Å². The number of pyridine rings is 2. The van der Waals surface area contributed by atoms with Crippen LogP contribution in [-0.2, 0) is 12.7 Å². The van der Waals surface area contributed by atoms with Gasteiger partial charge in [-0.15, -0.1) is 0 Å². The zero-order chi connectivity index (χ0) is 17.2. The lowest BCUT2D eigenvalue weighted by Crippen LogP contribution is -2.46. The summed E-state index contributed by atoms with van der Waals surface area (Å²) >= 11 is 5.81. The number of aromatic nitrogens is 2. The van der Waals surface area contributed by atoms with Gasteiger partial charge in [-0.05, 0) is 24.3 Å². The molecule has 3 rings (SSSR count). The van der Waals surface area contributed by atoms with Crippen LogP contribution in [0.1, 0.15) is 11.3 Å². The molecule has 1 fully saturated rings. The molecule has 8 heteroatoms. The van der Waals surface area contributed by atoms with Crippen molar-refractivity contribution in [2.24, 2.45) is 0 Å². The van der Waals surface area contributed by atoms with Crippen LogP contribution in [0, 0.1) is 0 Å². The van der Waals surface area contributed by atoms with Crippen molar-refractivity contribution in [2.75, 3.05) is 31.1 Å². The summed E-state index contributed by atoms with van der Waals surface area (Å²) in [5, 5.41) is 0.582. The van der Waals surface area contributed by atoms with Gasteiger partial charge in [0.15, 0.2) is 0 Å². The molecule has 0 aromatic carbocycles. The lowest BCUT2D eigenvalue weighted by Gasteiger charge is -2.36. The number of nitrogens with zero attached hydrogens (tertiary/aromatic N) is 4. The molecule has 0 unspecified atom stereocenters. The molecule has 1 aliphatic heterocycles. The van der Waals surface area contributed by atoms with E-state index in [1.165, 1.54) is 12.3 Å². The van der Waals surface area contributed by atoms with Crippen LogP contribution in [0.2, 0.25) is 5.02 Å². The number of anilines is 1. The molecule has 4 nitrogen and oxygen atoms in total. The van der Waals surface area contributed by atoms with Gasteiger partial charge in [-0.2, -0.15) is 13.2 Å². The molecule has 0 saturated carbocycles. The summed E-state index contributed by atoms with van der Waals surface area (Å²) < 4.78 is 39.3. The Morgan fingerprint density at radius 2 is 1.79 bits per heavy atom. The number of halogens is 4. The van der Waals surface area contributed by atoms with Crippen LogP contribution in [0.4, 0.5) is 19.0 Å². The van der Waals surface area contributed by atoms with Crippen LogP contribution in [0.3, 0.4) is 0 Å². The van der Waals surface area contributed by atoms with Gasteiger partial charge in [-0.25, -0.2) is 4.98 Å². The minimum atomic E-state index is -4.39. The molecule has 0 aliphatic carbocycles. The van der Waals surface area contributed by atoms with Crippen LogP contribution in [0.25, 0.3) is 0 Å². The summed E-state index contributed by atoms with van der Waals surface area (Å²) in [4.78, 5) is 12.0. The highest BCUT2D eigenvalue weighted by molar-refractivity contribution is 6.30. The fourth-order valence-electron chi connectivity index (χ4n) is 2.72. The first-order valence-corrected chi connectivity index (χ1v) is 7.91. The van der Waals surface area contributed by atoms with E-state index in [0.29, 0.717) is 37.7 Å². The van der Waals surface area contributed by atoms with Crippen molar-refractivity contribution in [1.82, 2.24) is 14.9 Å². The molecule has 1 saturated heterocycles. The van der Waals surface area contributed by atoms with E-state index in [9.17, 15) is 13.2 Å². The van der Waals surface area contributed by atoms with Crippen LogP contribution < -0.4 is 4.90 Å². The van der Waals surface area contributed by atoms with Gasteiger partial charge in [0.1, 0.15) is 5.82 Å². The molecule has 2 aromatic rings. The fraction of sp³-hybridized carbons (Fsp3) is 0.375. The number of alkyl halides is 3. The van der Waals surface area contributed by atoms with E-state index in [-0.39, 0.29) is 5.82 Å². The molecule has 0 bridgehead atoms. The molecule has 0 N–H and O–H groups in total. The van der Waals surface area contributed by atoms with Crippen molar-refractivity contribution in [3.63, 3.8) is 0 Å². The third kappa shape index (κ3) is 3.96. The largest absolute Gasteiger partial charge is 0.419 e. The Labute approximate surface area is 142 Å². The normalized spacial score (nSPS) is 16.4. The molecule has 24 heavy (non-hydrogen) atoms. The van der Waals surface area contributed by atoms with Crippen molar-refractivity contribution in [3.05, 3.63) is 52.9 Å². The molecule has 0 radical (unpaired) electrons. The monoisotopic (exact) mass is 356 g/mol. The Morgan fingerprint density at radius 3 is 2.42 bits per heavy atom. The molecule has 128 valence electrons. The van der Waals surface area contributed by atoms with E-state index in [1.807, 2.05) is 6.07 Å². The molecule has 0 atom stereocenters. The smallest absolute Gasteiger partial charge is 0.354 e. The number of hydrogen-bond acceptors (Lipinski definition) is 4. The first kappa shape index (κ1) is 17.0. The van der Waals surface area contributed by atoms with E-state index in [2.05, 4.69) is 14.9 Å². The maximum Gasteiger partial charge on any atom is 0.419 e. The zero-order valence-corrected chi connectivity index (χ0v) is 13.6. The van der Waals surface area contributed by atoms with Gasteiger partial charge < -0.3 is 4.90 Å². The predicted octanol–water partition coefficient (Wildman–Crippen LogP) is 3.47. The van der Waals surface area contributed by atoms with Crippen molar-refractivity contribution < 1.29 is 13.2 Å². The van der Waals surface area contributed by atoms with Crippen molar-refractivity contribution in [1.29, 1.82) is 0 Å². The summed E-state index contributed by atoms with van der Waals surface area (Å²) in [6.45, 7) is 2.94. The highest BCUT2D eigenvalue weighted by atomic mass is 35.5. The van der Waals surface area contributed by atoms with Gasteiger partial charge in [-0.1, -0.05) is 11.6 Å². The second-order valence-corrected chi connectivity index (χ2v) is 6.04. The van der Waals surface area contributed by atoms with Gasteiger partial charge >= 0.3 is 6.18 Å². The van der Waals surface area contributed by atoms with E-state index >= 15 is 0 Å². The second kappa shape index (κ2) is 6.94. The third-order valence-electron chi connectivity index (χ3n) is 3.94. The average molecular weight is 357 g/mol. The number of piperazine rings is 1. The van der Waals surface area contributed by atoms with Gasteiger partial charge in [0.25, 0.3) is 0 Å². The lowest BCUT2D eigenvalue weighted by molar-refractivity contribution is -0.137. The molecule has 0 amide bonds. The minimum absolute atomic E-state index is 0.00858. The van der Waals surface area contributed by atoms with Crippen molar-refractivity contribution >= 4 is 17.4 Å².